The Balaban J connectivity index is 2.31. The molecule has 118 valence electrons. The van der Waals surface area contributed by atoms with Crippen LogP contribution in [0.15, 0.2) is 27.1 Å². The number of piperazine rings is 1. The molecule has 1 aromatic carbocycles. The van der Waals surface area contributed by atoms with Crippen LogP contribution < -0.4 is 10.2 Å². The summed E-state index contributed by atoms with van der Waals surface area (Å²) in [5.74, 6) is 1.33. The van der Waals surface area contributed by atoms with Crippen LogP contribution in [0.1, 0.15) is 34.1 Å². The molecule has 1 saturated heterocycles. The van der Waals surface area contributed by atoms with Crippen molar-refractivity contribution in [3.63, 3.8) is 0 Å². The zero-order chi connectivity index (χ0) is 15.6. The third kappa shape index (κ3) is 4.02. The van der Waals surface area contributed by atoms with Gasteiger partial charge in [-0.3, -0.25) is 0 Å². The van der Waals surface area contributed by atoms with Gasteiger partial charge in [0.25, 0.3) is 0 Å². The van der Waals surface area contributed by atoms with Gasteiger partial charge in [0.1, 0.15) is 0 Å². The molecule has 0 saturated carbocycles. The Morgan fingerprint density at radius 3 is 2.62 bits per heavy atom. The second-order valence-corrected chi connectivity index (χ2v) is 8.23. The van der Waals surface area contributed by atoms with Crippen LogP contribution in [0.5, 0.6) is 0 Å². The van der Waals surface area contributed by atoms with E-state index in [9.17, 15) is 0 Å². The summed E-state index contributed by atoms with van der Waals surface area (Å²) < 4.78 is 2.32. The molecule has 0 bridgehead atoms. The molecule has 1 aromatic rings. The van der Waals surface area contributed by atoms with Crippen LogP contribution in [-0.4, -0.2) is 25.2 Å². The molecule has 4 heteroatoms. The molecule has 1 heterocycles. The highest BCUT2D eigenvalue weighted by molar-refractivity contribution is 9.11. The average molecular weight is 418 g/mol. The van der Waals surface area contributed by atoms with Crippen LogP contribution in [0.25, 0.3) is 0 Å². The summed E-state index contributed by atoms with van der Waals surface area (Å²) in [6.45, 7) is 11.4. The summed E-state index contributed by atoms with van der Waals surface area (Å²) in [6.07, 6.45) is 1.22. The van der Waals surface area contributed by atoms with E-state index in [0.717, 1.165) is 17.6 Å². The van der Waals surface area contributed by atoms with Crippen molar-refractivity contribution in [2.24, 2.45) is 11.8 Å². The summed E-state index contributed by atoms with van der Waals surface area (Å²) in [7, 11) is 0. The number of benzene rings is 1. The third-order valence-electron chi connectivity index (χ3n) is 4.70. The maximum absolute atomic E-state index is 3.77. The first-order valence-electron chi connectivity index (χ1n) is 7.89. The molecule has 2 nitrogen and oxygen atoms in total. The van der Waals surface area contributed by atoms with Crippen LogP contribution in [0.3, 0.4) is 0 Å². The monoisotopic (exact) mass is 416 g/mol. The van der Waals surface area contributed by atoms with Gasteiger partial charge in [0.15, 0.2) is 0 Å². The molecule has 1 aliphatic rings. The standard InChI is InChI=1S/C17H26Br2N2/c1-5-12(4)15-10-21(17(9-20-15)11(2)3)16-8-13(18)6-7-14(16)19/h6-8,11-12,15,17,20H,5,9-10H2,1-4H3. The predicted octanol–water partition coefficient (Wildman–Crippen LogP) is 5.06. The molecule has 0 spiro atoms. The number of hydrogen-bond acceptors (Lipinski definition) is 2. The Labute approximate surface area is 145 Å². The van der Waals surface area contributed by atoms with E-state index in [1.807, 2.05) is 0 Å². The molecular weight excluding hydrogens is 392 g/mol. The average Bonchev–Trinajstić information content (AvgIpc) is 2.48. The van der Waals surface area contributed by atoms with Crippen molar-refractivity contribution in [1.29, 1.82) is 0 Å². The lowest BCUT2D eigenvalue weighted by Gasteiger charge is -2.46. The fourth-order valence-electron chi connectivity index (χ4n) is 3.04. The summed E-state index contributed by atoms with van der Waals surface area (Å²) in [6, 6.07) is 7.56. The third-order valence-corrected chi connectivity index (χ3v) is 5.86. The van der Waals surface area contributed by atoms with Crippen molar-refractivity contribution in [2.75, 3.05) is 18.0 Å². The Morgan fingerprint density at radius 2 is 2.00 bits per heavy atom. The molecule has 0 amide bonds. The van der Waals surface area contributed by atoms with Crippen molar-refractivity contribution in [3.05, 3.63) is 27.1 Å². The number of nitrogens with zero attached hydrogens (tertiary/aromatic N) is 1. The summed E-state index contributed by atoms with van der Waals surface area (Å²) in [4.78, 5) is 2.59. The first kappa shape index (κ1) is 17.3. The highest BCUT2D eigenvalue weighted by Gasteiger charge is 2.32. The lowest BCUT2D eigenvalue weighted by atomic mass is 9.91. The minimum absolute atomic E-state index is 0.538. The van der Waals surface area contributed by atoms with Crippen LogP contribution in [0.2, 0.25) is 0 Å². The van der Waals surface area contributed by atoms with Gasteiger partial charge in [-0.05, 0) is 46.0 Å². The Bertz CT molecular complexity index is 476. The zero-order valence-corrected chi connectivity index (χ0v) is 16.5. The minimum Gasteiger partial charge on any atom is -0.364 e. The van der Waals surface area contributed by atoms with Crippen LogP contribution in [-0.2, 0) is 0 Å². The molecule has 0 radical (unpaired) electrons. The Kier molecular flexibility index (Phi) is 6.15. The van der Waals surface area contributed by atoms with Gasteiger partial charge in [-0.25, -0.2) is 0 Å². The van der Waals surface area contributed by atoms with Gasteiger partial charge < -0.3 is 10.2 Å². The second-order valence-electron chi connectivity index (χ2n) is 6.46. The fraction of sp³-hybridized carbons (Fsp3) is 0.647. The summed E-state index contributed by atoms with van der Waals surface area (Å²) >= 11 is 7.35. The molecular formula is C17H26Br2N2. The van der Waals surface area contributed by atoms with E-state index < -0.39 is 0 Å². The smallest absolute Gasteiger partial charge is 0.0525 e. The summed E-state index contributed by atoms with van der Waals surface area (Å²) in [5.41, 5.74) is 1.30. The molecule has 0 aromatic heterocycles. The lowest BCUT2D eigenvalue weighted by molar-refractivity contribution is 0.281. The normalized spacial score (nSPS) is 24.4. The van der Waals surface area contributed by atoms with E-state index in [4.69, 9.17) is 0 Å². The van der Waals surface area contributed by atoms with E-state index in [-0.39, 0.29) is 0 Å². The van der Waals surface area contributed by atoms with Gasteiger partial charge in [0.05, 0.1) is 5.69 Å². The quantitative estimate of drug-likeness (QED) is 0.736. The van der Waals surface area contributed by atoms with E-state index >= 15 is 0 Å². The Morgan fingerprint density at radius 1 is 1.29 bits per heavy atom. The number of rotatable bonds is 4. The highest BCUT2D eigenvalue weighted by atomic mass is 79.9. The van der Waals surface area contributed by atoms with Crippen molar-refractivity contribution in [1.82, 2.24) is 5.32 Å². The maximum Gasteiger partial charge on any atom is 0.0525 e. The van der Waals surface area contributed by atoms with Gasteiger partial charge in [0.2, 0.25) is 0 Å². The van der Waals surface area contributed by atoms with E-state index in [1.165, 1.54) is 16.6 Å². The molecule has 2 rings (SSSR count). The van der Waals surface area contributed by atoms with Gasteiger partial charge >= 0.3 is 0 Å². The van der Waals surface area contributed by atoms with Crippen LogP contribution in [0.4, 0.5) is 5.69 Å². The number of nitrogens with one attached hydrogen (secondary N) is 1. The van der Waals surface area contributed by atoms with E-state index in [0.29, 0.717) is 23.9 Å². The van der Waals surface area contributed by atoms with Crippen LogP contribution >= 0.6 is 31.9 Å². The number of halogens is 2. The molecule has 21 heavy (non-hydrogen) atoms. The zero-order valence-electron chi connectivity index (χ0n) is 13.4. The van der Waals surface area contributed by atoms with Crippen molar-refractivity contribution >= 4 is 37.5 Å². The van der Waals surface area contributed by atoms with Crippen molar-refractivity contribution in [3.8, 4) is 0 Å². The van der Waals surface area contributed by atoms with Crippen molar-refractivity contribution in [2.45, 2.75) is 46.2 Å². The molecule has 1 N–H and O–H groups in total. The first-order valence-corrected chi connectivity index (χ1v) is 9.47. The molecule has 1 aliphatic heterocycles. The largest absolute Gasteiger partial charge is 0.364 e. The molecule has 0 aliphatic carbocycles. The topological polar surface area (TPSA) is 15.3 Å². The molecule has 3 atom stereocenters. The van der Waals surface area contributed by atoms with E-state index in [2.05, 4.69) is 88.0 Å². The number of hydrogen-bond donors (Lipinski definition) is 1. The molecule has 1 fully saturated rings. The fourth-order valence-corrected chi connectivity index (χ4v) is 3.86. The first-order chi connectivity index (χ1) is 9.93. The van der Waals surface area contributed by atoms with Gasteiger partial charge in [-0.1, -0.05) is 50.0 Å². The van der Waals surface area contributed by atoms with Gasteiger partial charge in [-0.15, -0.1) is 0 Å². The maximum atomic E-state index is 3.77. The van der Waals surface area contributed by atoms with Crippen LogP contribution in [0, 0.1) is 11.8 Å². The molecule has 3 unspecified atom stereocenters. The second kappa shape index (κ2) is 7.47. The predicted molar refractivity (Wildman–Crippen MR) is 99.1 cm³/mol. The Hall–Kier alpha value is -0.0600. The van der Waals surface area contributed by atoms with Crippen molar-refractivity contribution < 1.29 is 0 Å². The minimum atomic E-state index is 0.538. The summed E-state index contributed by atoms with van der Waals surface area (Å²) in [5, 5.41) is 3.77. The van der Waals surface area contributed by atoms with Gasteiger partial charge in [-0.2, -0.15) is 0 Å². The van der Waals surface area contributed by atoms with E-state index in [1.54, 1.807) is 0 Å². The lowest BCUT2D eigenvalue weighted by Crippen LogP contribution is -2.60. The van der Waals surface area contributed by atoms with Gasteiger partial charge in [0, 0.05) is 34.1 Å². The highest BCUT2D eigenvalue weighted by Crippen LogP contribution is 2.34. The number of anilines is 1. The SMILES string of the molecule is CCC(C)C1CN(c2cc(Br)ccc2Br)C(C(C)C)CN1.